The maximum atomic E-state index is 4.48. The average Bonchev–Trinajstić information content (AvgIpc) is 2.31. The molecule has 2 nitrogen and oxygen atoms in total. The number of thiol groups is 1. The van der Waals surface area contributed by atoms with Gasteiger partial charge in [-0.1, -0.05) is 18.2 Å². The molecule has 0 aliphatic heterocycles. The summed E-state index contributed by atoms with van der Waals surface area (Å²) in [6.07, 6.45) is 9.94. The molecule has 0 amide bonds. The number of hydrogen-bond acceptors (Lipinski definition) is 2. The van der Waals surface area contributed by atoms with E-state index in [0.29, 0.717) is 0 Å². The van der Waals surface area contributed by atoms with E-state index in [9.17, 15) is 0 Å². The molecular weight excluding hydrogens is 168 g/mol. The Morgan fingerprint density at radius 3 is 3.25 bits per heavy atom. The molecule has 1 heterocycles. The molecule has 0 aromatic carbocycles. The highest BCUT2D eigenvalue weighted by molar-refractivity contribution is 7.82. The van der Waals surface area contributed by atoms with Gasteiger partial charge in [-0.05, 0) is 13.0 Å². The fourth-order valence-corrected chi connectivity index (χ4v) is 1.46. The summed E-state index contributed by atoms with van der Waals surface area (Å²) >= 11 is 4.48. The van der Waals surface area contributed by atoms with Crippen molar-refractivity contribution in [1.29, 1.82) is 0 Å². The fraction of sp³-hybridized carbons (Fsp3) is 0.222. The molecule has 0 bridgehead atoms. The molecule has 1 aromatic heterocycles. The van der Waals surface area contributed by atoms with Crippen LogP contribution in [0, 0.1) is 0 Å². The molecule has 3 heteroatoms. The third kappa shape index (κ3) is 1.32. The van der Waals surface area contributed by atoms with E-state index in [4.69, 9.17) is 0 Å². The maximum Gasteiger partial charge on any atom is 0.0627 e. The van der Waals surface area contributed by atoms with Crippen LogP contribution in [0.15, 0.2) is 18.3 Å². The SMILES string of the molecule is CC1(S)C=CC=c2cn[nH]c2=C1. The van der Waals surface area contributed by atoms with Crippen LogP contribution < -0.4 is 10.6 Å². The third-order valence-electron chi connectivity index (χ3n) is 1.85. The van der Waals surface area contributed by atoms with Crippen molar-refractivity contribution in [3.8, 4) is 0 Å². The van der Waals surface area contributed by atoms with Gasteiger partial charge in [0.1, 0.15) is 0 Å². The lowest BCUT2D eigenvalue weighted by atomic mass is 10.1. The zero-order chi connectivity index (χ0) is 8.60. The second kappa shape index (κ2) is 2.52. The molecular formula is C9H10N2S. The van der Waals surface area contributed by atoms with Gasteiger partial charge in [0.25, 0.3) is 0 Å². The van der Waals surface area contributed by atoms with Gasteiger partial charge in [0.2, 0.25) is 0 Å². The molecule has 0 saturated carbocycles. The number of hydrogen-bond donors (Lipinski definition) is 2. The van der Waals surface area contributed by atoms with Gasteiger partial charge in [-0.25, -0.2) is 0 Å². The number of fused-ring (bicyclic) bond motifs is 1. The second-order valence-corrected chi connectivity index (χ2v) is 4.10. The average molecular weight is 178 g/mol. The van der Waals surface area contributed by atoms with Crippen molar-refractivity contribution in [3.63, 3.8) is 0 Å². The van der Waals surface area contributed by atoms with Crippen molar-refractivity contribution in [2.75, 3.05) is 0 Å². The van der Waals surface area contributed by atoms with Gasteiger partial charge < -0.3 is 0 Å². The van der Waals surface area contributed by atoms with Crippen LogP contribution in [0.2, 0.25) is 0 Å². The number of H-pyrrole nitrogens is 1. The van der Waals surface area contributed by atoms with Gasteiger partial charge >= 0.3 is 0 Å². The molecule has 2 rings (SSSR count). The minimum atomic E-state index is -0.186. The topological polar surface area (TPSA) is 28.7 Å². The Labute approximate surface area is 76.1 Å². The van der Waals surface area contributed by atoms with Gasteiger partial charge in [0.15, 0.2) is 0 Å². The predicted octanol–water partition coefficient (Wildman–Crippen LogP) is 0.229. The first-order valence-electron chi connectivity index (χ1n) is 3.82. The fourth-order valence-electron chi connectivity index (χ4n) is 1.24. The van der Waals surface area contributed by atoms with E-state index in [2.05, 4.69) is 28.9 Å². The third-order valence-corrected chi connectivity index (χ3v) is 2.12. The van der Waals surface area contributed by atoms with E-state index in [1.54, 1.807) is 0 Å². The van der Waals surface area contributed by atoms with Crippen LogP contribution in [0.4, 0.5) is 0 Å². The lowest BCUT2D eigenvalue weighted by Crippen LogP contribution is -2.25. The summed E-state index contributed by atoms with van der Waals surface area (Å²) in [5.41, 5.74) is 0. The zero-order valence-electron chi connectivity index (χ0n) is 6.78. The number of nitrogens with one attached hydrogen (secondary N) is 1. The van der Waals surface area contributed by atoms with Gasteiger partial charge in [-0.2, -0.15) is 17.7 Å². The molecule has 1 atom stereocenters. The van der Waals surface area contributed by atoms with Crippen molar-refractivity contribution in [2.45, 2.75) is 11.7 Å². The molecule has 1 aliphatic rings. The van der Waals surface area contributed by atoms with Gasteiger partial charge in [-0.3, -0.25) is 5.10 Å². The van der Waals surface area contributed by atoms with Crippen LogP contribution in [0.1, 0.15) is 6.92 Å². The zero-order valence-corrected chi connectivity index (χ0v) is 7.68. The number of aromatic amines is 1. The van der Waals surface area contributed by atoms with E-state index >= 15 is 0 Å². The highest BCUT2D eigenvalue weighted by Crippen LogP contribution is 2.17. The highest BCUT2D eigenvalue weighted by Gasteiger charge is 2.11. The molecule has 0 saturated heterocycles. The molecule has 1 unspecified atom stereocenters. The molecule has 1 aliphatic carbocycles. The Hall–Kier alpha value is -0.960. The van der Waals surface area contributed by atoms with Gasteiger partial charge in [0.05, 0.1) is 11.5 Å². The van der Waals surface area contributed by atoms with Crippen LogP contribution in [-0.2, 0) is 0 Å². The van der Waals surface area contributed by atoms with E-state index < -0.39 is 0 Å². The van der Waals surface area contributed by atoms with Crippen molar-refractivity contribution >= 4 is 24.8 Å². The standard InChI is InChI=1S/C9H10N2S/c1-9(12)4-2-3-7-6-10-11-8(7)5-9/h2-6,11-12H,1H3. The monoisotopic (exact) mass is 178 g/mol. The summed E-state index contributed by atoms with van der Waals surface area (Å²) in [5, 5.41) is 9.04. The largest absolute Gasteiger partial charge is 0.278 e. The summed E-state index contributed by atoms with van der Waals surface area (Å²) in [6, 6.07) is 0. The van der Waals surface area contributed by atoms with Crippen molar-refractivity contribution in [2.24, 2.45) is 0 Å². The first kappa shape index (κ1) is 7.68. The van der Waals surface area contributed by atoms with Crippen LogP contribution in [0.3, 0.4) is 0 Å². The number of nitrogens with zero attached hydrogens (tertiary/aromatic N) is 1. The highest BCUT2D eigenvalue weighted by atomic mass is 32.1. The molecule has 0 radical (unpaired) electrons. The van der Waals surface area contributed by atoms with Crippen LogP contribution in [0.5, 0.6) is 0 Å². The van der Waals surface area contributed by atoms with Gasteiger partial charge in [-0.15, -0.1) is 0 Å². The van der Waals surface area contributed by atoms with E-state index in [1.165, 1.54) is 0 Å². The first-order chi connectivity index (χ1) is 5.67. The Morgan fingerprint density at radius 1 is 1.58 bits per heavy atom. The summed E-state index contributed by atoms with van der Waals surface area (Å²) in [5.74, 6) is 0. The minimum absolute atomic E-state index is 0.186. The Balaban J connectivity index is 2.75. The van der Waals surface area contributed by atoms with Gasteiger partial charge in [0, 0.05) is 9.97 Å². The summed E-state index contributed by atoms with van der Waals surface area (Å²) in [6.45, 7) is 2.04. The van der Waals surface area contributed by atoms with Crippen LogP contribution in [0.25, 0.3) is 12.2 Å². The van der Waals surface area contributed by atoms with Crippen molar-refractivity contribution in [1.82, 2.24) is 10.2 Å². The number of allylic oxidation sites excluding steroid dienone is 1. The van der Waals surface area contributed by atoms with E-state index in [0.717, 1.165) is 10.6 Å². The normalized spacial score (nSPS) is 26.8. The van der Waals surface area contributed by atoms with Crippen LogP contribution >= 0.6 is 12.6 Å². The lowest BCUT2D eigenvalue weighted by Gasteiger charge is -2.10. The molecule has 62 valence electrons. The summed E-state index contributed by atoms with van der Waals surface area (Å²) in [7, 11) is 0. The molecule has 0 fully saturated rings. The minimum Gasteiger partial charge on any atom is -0.278 e. The number of aromatic nitrogens is 2. The van der Waals surface area contributed by atoms with E-state index in [1.807, 2.05) is 31.3 Å². The molecule has 12 heavy (non-hydrogen) atoms. The Kier molecular flexibility index (Phi) is 1.61. The van der Waals surface area contributed by atoms with Crippen molar-refractivity contribution in [3.05, 3.63) is 28.9 Å². The lowest BCUT2D eigenvalue weighted by molar-refractivity contribution is 1.03. The maximum absolute atomic E-state index is 4.48. The summed E-state index contributed by atoms with van der Waals surface area (Å²) < 4.78 is -0.186. The first-order valence-corrected chi connectivity index (χ1v) is 4.26. The van der Waals surface area contributed by atoms with E-state index in [-0.39, 0.29) is 4.75 Å². The predicted molar refractivity (Wildman–Crippen MR) is 53.3 cm³/mol. The van der Waals surface area contributed by atoms with Crippen molar-refractivity contribution < 1.29 is 0 Å². The molecule has 1 aromatic rings. The number of rotatable bonds is 0. The van der Waals surface area contributed by atoms with Crippen LogP contribution in [-0.4, -0.2) is 14.9 Å². The quantitative estimate of drug-likeness (QED) is 0.547. The molecule has 1 N–H and O–H groups in total. The summed E-state index contributed by atoms with van der Waals surface area (Å²) in [4.78, 5) is 0. The Morgan fingerprint density at radius 2 is 2.42 bits per heavy atom. The Bertz CT molecular complexity index is 426. The molecule has 0 spiro atoms. The smallest absolute Gasteiger partial charge is 0.0627 e. The second-order valence-electron chi connectivity index (χ2n) is 3.13.